The average Bonchev–Trinajstić information content (AvgIpc) is 2.56. The Bertz CT molecular complexity index is 739. The molecule has 3 rings (SSSR count). The Morgan fingerprint density at radius 2 is 1.62 bits per heavy atom. The van der Waals surface area contributed by atoms with Gasteiger partial charge < -0.3 is 4.74 Å². The third-order valence-electron chi connectivity index (χ3n) is 3.19. The molecule has 1 radical (unpaired) electrons. The summed E-state index contributed by atoms with van der Waals surface area (Å²) in [5, 5.41) is 0.702. The number of benzene rings is 2. The van der Waals surface area contributed by atoms with Gasteiger partial charge in [-0.3, -0.25) is 0 Å². The highest BCUT2D eigenvalue weighted by Crippen LogP contribution is 2.30. The molecule has 0 bridgehead atoms. The van der Waals surface area contributed by atoms with Crippen molar-refractivity contribution in [1.29, 1.82) is 0 Å². The molecule has 0 aliphatic heterocycles. The van der Waals surface area contributed by atoms with E-state index in [1.54, 1.807) is 13.3 Å². The molecule has 0 atom stereocenters. The number of aromatic nitrogens is 2. The van der Waals surface area contributed by atoms with Crippen LogP contribution in [0.1, 0.15) is 0 Å². The largest absolute Gasteiger partial charge is 0.497 e. The fourth-order valence-corrected chi connectivity index (χ4v) is 2.23. The van der Waals surface area contributed by atoms with E-state index in [-0.39, 0.29) is 0 Å². The van der Waals surface area contributed by atoms with Crippen LogP contribution < -0.4 is 4.74 Å². The van der Waals surface area contributed by atoms with E-state index in [0.29, 0.717) is 5.02 Å². The molecule has 0 amide bonds. The molecule has 0 aliphatic rings. The van der Waals surface area contributed by atoms with Crippen molar-refractivity contribution in [3.05, 3.63) is 66.1 Å². The van der Waals surface area contributed by atoms with E-state index in [9.17, 15) is 0 Å². The third kappa shape index (κ3) is 2.88. The summed E-state index contributed by atoms with van der Waals surface area (Å²) in [6.07, 6.45) is 4.41. The molecule has 0 spiro atoms. The predicted molar refractivity (Wildman–Crippen MR) is 83.3 cm³/mol. The van der Waals surface area contributed by atoms with Crippen LogP contribution in [0.15, 0.2) is 54.7 Å². The lowest BCUT2D eigenvalue weighted by Crippen LogP contribution is -1.91. The van der Waals surface area contributed by atoms with Crippen LogP contribution in [0.3, 0.4) is 0 Å². The molecular weight excluding hydrogens is 284 g/mol. The first-order valence-corrected chi connectivity index (χ1v) is 6.79. The van der Waals surface area contributed by atoms with Crippen LogP contribution >= 0.6 is 11.6 Å². The first-order chi connectivity index (χ1) is 10.3. The van der Waals surface area contributed by atoms with Gasteiger partial charge in [0.15, 0.2) is 6.33 Å². The number of ether oxygens (including phenoxy) is 1. The minimum atomic E-state index is 0.702. The Labute approximate surface area is 128 Å². The second kappa shape index (κ2) is 5.94. The second-order valence-electron chi connectivity index (χ2n) is 4.47. The van der Waals surface area contributed by atoms with Gasteiger partial charge in [-0.1, -0.05) is 23.7 Å². The lowest BCUT2D eigenvalue weighted by atomic mass is 10.0. The zero-order valence-corrected chi connectivity index (χ0v) is 12.1. The number of hydrogen-bond donors (Lipinski definition) is 0. The predicted octanol–water partition coefficient (Wildman–Crippen LogP) is 4.27. The van der Waals surface area contributed by atoms with E-state index < -0.39 is 0 Å². The van der Waals surface area contributed by atoms with Crippen molar-refractivity contribution < 1.29 is 4.74 Å². The van der Waals surface area contributed by atoms with E-state index >= 15 is 0 Å². The molecule has 1 heterocycles. The summed E-state index contributed by atoms with van der Waals surface area (Å²) in [7, 11) is 1.65. The van der Waals surface area contributed by atoms with Crippen LogP contribution in [0, 0.1) is 6.33 Å². The van der Waals surface area contributed by atoms with Crippen LogP contribution in [0.25, 0.3) is 22.4 Å². The van der Waals surface area contributed by atoms with Gasteiger partial charge in [-0.2, -0.15) is 0 Å². The molecule has 21 heavy (non-hydrogen) atoms. The van der Waals surface area contributed by atoms with Gasteiger partial charge in [-0.25, -0.2) is 9.97 Å². The monoisotopic (exact) mass is 295 g/mol. The lowest BCUT2D eigenvalue weighted by molar-refractivity contribution is 0.415. The van der Waals surface area contributed by atoms with Crippen molar-refractivity contribution >= 4 is 11.6 Å². The summed E-state index contributed by atoms with van der Waals surface area (Å²) in [5.41, 5.74) is 3.77. The fraction of sp³-hybridized carbons (Fsp3) is 0.0588. The van der Waals surface area contributed by atoms with Gasteiger partial charge in [0.1, 0.15) is 5.75 Å². The zero-order valence-electron chi connectivity index (χ0n) is 11.4. The van der Waals surface area contributed by atoms with Gasteiger partial charge in [0, 0.05) is 22.3 Å². The zero-order chi connectivity index (χ0) is 14.7. The SMILES string of the molecule is COc1ccc(-c2n[c]ncc2-c2ccc(Cl)cc2)cc1. The third-order valence-corrected chi connectivity index (χ3v) is 3.44. The van der Waals surface area contributed by atoms with E-state index in [1.165, 1.54) is 0 Å². The smallest absolute Gasteiger partial charge is 0.198 e. The molecule has 0 fully saturated rings. The summed E-state index contributed by atoms with van der Waals surface area (Å²) in [5.74, 6) is 0.810. The topological polar surface area (TPSA) is 35.0 Å². The van der Waals surface area contributed by atoms with Gasteiger partial charge in [-0.15, -0.1) is 0 Å². The molecule has 2 aromatic carbocycles. The normalized spacial score (nSPS) is 10.4. The second-order valence-corrected chi connectivity index (χ2v) is 4.90. The van der Waals surface area contributed by atoms with E-state index in [1.807, 2.05) is 48.5 Å². The molecule has 0 saturated carbocycles. The molecular formula is C17H12ClN2O. The first-order valence-electron chi connectivity index (χ1n) is 6.41. The summed E-state index contributed by atoms with van der Waals surface area (Å²) in [6.45, 7) is 0. The van der Waals surface area contributed by atoms with Crippen molar-refractivity contribution in [2.24, 2.45) is 0 Å². The highest BCUT2D eigenvalue weighted by molar-refractivity contribution is 6.30. The van der Waals surface area contributed by atoms with Gasteiger partial charge in [0.25, 0.3) is 0 Å². The molecule has 4 heteroatoms. The van der Waals surface area contributed by atoms with Crippen LogP contribution in [0.5, 0.6) is 5.75 Å². The molecule has 0 N–H and O–H groups in total. The first kappa shape index (κ1) is 13.6. The maximum absolute atomic E-state index is 5.94. The molecule has 0 saturated heterocycles. The minimum Gasteiger partial charge on any atom is -0.497 e. The summed E-state index contributed by atoms with van der Waals surface area (Å²) in [6, 6.07) is 15.4. The summed E-state index contributed by atoms with van der Waals surface area (Å²) in [4.78, 5) is 8.30. The summed E-state index contributed by atoms with van der Waals surface area (Å²) >= 11 is 5.94. The lowest BCUT2D eigenvalue weighted by Gasteiger charge is -2.08. The maximum atomic E-state index is 5.94. The standard InChI is InChI=1S/C17H12ClN2O/c1-21-15-8-4-13(5-9-15)17-16(10-19-11-20-17)12-2-6-14(18)7-3-12/h2-10H,1H3. The Morgan fingerprint density at radius 3 is 2.29 bits per heavy atom. The van der Waals surface area contributed by atoms with E-state index in [0.717, 1.165) is 28.1 Å². The van der Waals surface area contributed by atoms with Crippen LogP contribution in [0.2, 0.25) is 5.02 Å². The maximum Gasteiger partial charge on any atom is 0.198 e. The number of hydrogen-bond acceptors (Lipinski definition) is 3. The minimum absolute atomic E-state index is 0.702. The van der Waals surface area contributed by atoms with Crippen LogP contribution in [0.4, 0.5) is 0 Å². The highest BCUT2D eigenvalue weighted by Gasteiger charge is 2.09. The number of halogens is 1. The molecule has 3 aromatic rings. The molecule has 0 aliphatic carbocycles. The van der Waals surface area contributed by atoms with Crippen molar-refractivity contribution in [3.63, 3.8) is 0 Å². The Balaban J connectivity index is 2.08. The number of nitrogens with zero attached hydrogens (tertiary/aromatic N) is 2. The van der Waals surface area contributed by atoms with Crippen molar-refractivity contribution in [2.45, 2.75) is 0 Å². The van der Waals surface area contributed by atoms with E-state index in [4.69, 9.17) is 16.3 Å². The van der Waals surface area contributed by atoms with Gasteiger partial charge in [0.05, 0.1) is 12.8 Å². The molecule has 3 nitrogen and oxygen atoms in total. The molecule has 0 unspecified atom stereocenters. The fourth-order valence-electron chi connectivity index (χ4n) is 2.10. The van der Waals surface area contributed by atoms with Gasteiger partial charge in [0.2, 0.25) is 0 Å². The van der Waals surface area contributed by atoms with E-state index in [2.05, 4.69) is 16.3 Å². The molecule has 1 aromatic heterocycles. The highest BCUT2D eigenvalue weighted by atomic mass is 35.5. The number of methoxy groups -OCH3 is 1. The van der Waals surface area contributed by atoms with Crippen LogP contribution in [-0.2, 0) is 0 Å². The van der Waals surface area contributed by atoms with Crippen molar-refractivity contribution in [3.8, 4) is 28.1 Å². The Kier molecular flexibility index (Phi) is 3.84. The Hall–Kier alpha value is -2.39. The van der Waals surface area contributed by atoms with Crippen LogP contribution in [-0.4, -0.2) is 17.1 Å². The van der Waals surface area contributed by atoms with Gasteiger partial charge >= 0.3 is 0 Å². The summed E-state index contributed by atoms with van der Waals surface area (Å²) < 4.78 is 5.18. The van der Waals surface area contributed by atoms with Crippen molar-refractivity contribution in [1.82, 2.24) is 9.97 Å². The molecule has 103 valence electrons. The average molecular weight is 296 g/mol. The van der Waals surface area contributed by atoms with Gasteiger partial charge in [-0.05, 0) is 42.0 Å². The quantitative estimate of drug-likeness (QED) is 0.723. The Morgan fingerprint density at radius 1 is 0.952 bits per heavy atom. The number of rotatable bonds is 3. The van der Waals surface area contributed by atoms with Crippen molar-refractivity contribution in [2.75, 3.05) is 7.11 Å².